The monoisotopic (exact) mass is 412 g/mol. The highest BCUT2D eigenvalue weighted by Crippen LogP contribution is 2.28. The van der Waals surface area contributed by atoms with E-state index in [0.29, 0.717) is 36.9 Å². The zero-order valence-corrected chi connectivity index (χ0v) is 16.5. The maximum absolute atomic E-state index is 12.5. The number of rotatable bonds is 9. The molecular formula is C16H26Cl2N2O4S. The summed E-state index contributed by atoms with van der Waals surface area (Å²) in [6.07, 6.45) is 4.53. The zero-order valence-electron chi connectivity index (χ0n) is 14.1. The molecule has 1 unspecified atom stereocenters. The van der Waals surface area contributed by atoms with Crippen LogP contribution in [-0.4, -0.2) is 40.8 Å². The molecule has 1 saturated heterocycles. The van der Waals surface area contributed by atoms with Crippen molar-refractivity contribution < 1.29 is 17.9 Å². The van der Waals surface area contributed by atoms with Gasteiger partial charge in [-0.3, -0.25) is 0 Å². The number of sulfonamides is 1. The third kappa shape index (κ3) is 7.29. The molecular weight excluding hydrogens is 387 g/mol. The molecule has 1 atom stereocenters. The fourth-order valence-electron chi connectivity index (χ4n) is 2.49. The van der Waals surface area contributed by atoms with E-state index in [-0.39, 0.29) is 23.4 Å². The Balaban J connectivity index is 0.00000312. The fourth-order valence-corrected chi connectivity index (χ4v) is 3.97. The van der Waals surface area contributed by atoms with Gasteiger partial charge in [-0.15, -0.1) is 12.4 Å². The first-order valence-corrected chi connectivity index (χ1v) is 10.1. The Hall–Kier alpha value is -0.570. The van der Waals surface area contributed by atoms with E-state index in [4.69, 9.17) is 26.8 Å². The van der Waals surface area contributed by atoms with E-state index in [1.165, 1.54) is 6.07 Å². The quantitative estimate of drug-likeness (QED) is 0.608. The van der Waals surface area contributed by atoms with Crippen LogP contribution in [0.3, 0.4) is 0 Å². The van der Waals surface area contributed by atoms with Gasteiger partial charge in [0, 0.05) is 18.2 Å². The largest absolute Gasteiger partial charge is 0.489 e. The van der Waals surface area contributed by atoms with Crippen molar-refractivity contribution >= 4 is 34.0 Å². The second kappa shape index (κ2) is 11.2. The molecule has 0 amide bonds. The van der Waals surface area contributed by atoms with Crippen LogP contribution >= 0.6 is 24.0 Å². The van der Waals surface area contributed by atoms with E-state index in [1.807, 2.05) is 0 Å². The minimum Gasteiger partial charge on any atom is -0.489 e. The summed E-state index contributed by atoms with van der Waals surface area (Å²) in [5.74, 6) is 0.292. The van der Waals surface area contributed by atoms with Crippen molar-refractivity contribution in [3.05, 3.63) is 23.2 Å². The van der Waals surface area contributed by atoms with Crippen LogP contribution in [0.4, 0.5) is 0 Å². The third-order valence-corrected chi connectivity index (χ3v) is 5.53. The number of nitrogens with two attached hydrogens (primary N) is 1. The normalized spacial score (nSPS) is 17.8. The predicted molar refractivity (Wildman–Crippen MR) is 101 cm³/mol. The molecule has 0 bridgehead atoms. The highest BCUT2D eigenvalue weighted by Gasteiger charge is 2.21. The van der Waals surface area contributed by atoms with Crippen LogP contribution in [0.1, 0.15) is 32.1 Å². The van der Waals surface area contributed by atoms with E-state index in [2.05, 4.69) is 4.72 Å². The molecule has 1 aromatic carbocycles. The van der Waals surface area contributed by atoms with Gasteiger partial charge in [-0.1, -0.05) is 11.6 Å². The topological polar surface area (TPSA) is 90.7 Å². The van der Waals surface area contributed by atoms with E-state index < -0.39 is 10.0 Å². The second-order valence-corrected chi connectivity index (χ2v) is 7.96. The molecule has 1 fully saturated rings. The summed E-state index contributed by atoms with van der Waals surface area (Å²) >= 11 is 5.97. The summed E-state index contributed by atoms with van der Waals surface area (Å²) in [6, 6.07) is 4.61. The summed E-state index contributed by atoms with van der Waals surface area (Å²) in [4.78, 5) is 0.0542. The van der Waals surface area contributed by atoms with E-state index >= 15 is 0 Å². The van der Waals surface area contributed by atoms with Gasteiger partial charge in [0.1, 0.15) is 17.3 Å². The zero-order chi connectivity index (χ0) is 17.4. The van der Waals surface area contributed by atoms with Crippen molar-refractivity contribution in [1.82, 2.24) is 4.72 Å². The number of benzene rings is 1. The molecule has 6 nitrogen and oxygen atoms in total. The van der Waals surface area contributed by atoms with E-state index in [1.54, 1.807) is 12.1 Å². The Morgan fingerprint density at radius 3 is 2.80 bits per heavy atom. The molecule has 9 heteroatoms. The van der Waals surface area contributed by atoms with Gasteiger partial charge in [-0.2, -0.15) is 0 Å². The first-order valence-electron chi connectivity index (χ1n) is 8.26. The fraction of sp³-hybridized carbons (Fsp3) is 0.625. The number of unbranched alkanes of at least 4 members (excludes halogenated alkanes) is 1. The highest BCUT2D eigenvalue weighted by atomic mass is 35.5. The van der Waals surface area contributed by atoms with Crippen molar-refractivity contribution in [3.8, 4) is 5.75 Å². The smallest absolute Gasteiger partial charge is 0.244 e. The van der Waals surface area contributed by atoms with Crippen molar-refractivity contribution in [1.29, 1.82) is 0 Å². The van der Waals surface area contributed by atoms with Crippen molar-refractivity contribution in [2.75, 3.05) is 26.3 Å². The highest BCUT2D eigenvalue weighted by molar-refractivity contribution is 7.89. The van der Waals surface area contributed by atoms with E-state index in [0.717, 1.165) is 32.3 Å². The molecule has 2 rings (SSSR count). The third-order valence-electron chi connectivity index (χ3n) is 3.82. The molecule has 0 radical (unpaired) electrons. The number of hydrogen-bond donors (Lipinski definition) is 2. The van der Waals surface area contributed by atoms with Gasteiger partial charge in [-0.05, 0) is 56.8 Å². The van der Waals surface area contributed by atoms with Crippen LogP contribution in [0.15, 0.2) is 23.1 Å². The molecule has 1 heterocycles. The number of nitrogens with one attached hydrogen (secondary N) is 1. The first-order chi connectivity index (χ1) is 11.5. The SMILES string of the molecule is Cl.NCCCCNS(=O)(=O)c1cc(Cl)ccc1OCC1CCCCO1. The van der Waals surface area contributed by atoms with Gasteiger partial charge in [0.2, 0.25) is 10.0 Å². The van der Waals surface area contributed by atoms with Gasteiger partial charge in [0.05, 0.1) is 6.10 Å². The molecule has 1 aliphatic rings. The lowest BCUT2D eigenvalue weighted by atomic mass is 10.1. The Kier molecular flexibility index (Phi) is 10.1. The molecule has 0 aliphatic carbocycles. The molecule has 1 aliphatic heterocycles. The van der Waals surface area contributed by atoms with Gasteiger partial charge >= 0.3 is 0 Å². The summed E-state index contributed by atoms with van der Waals surface area (Å²) in [7, 11) is -3.69. The molecule has 144 valence electrons. The standard InChI is InChI=1S/C16H25ClN2O4S.ClH/c17-13-6-7-15(23-12-14-5-1-4-10-22-14)16(11-13)24(20,21)19-9-3-2-8-18;/h6-7,11,14,19H,1-5,8-10,12,18H2;1H. The second-order valence-electron chi connectivity index (χ2n) is 5.78. The maximum atomic E-state index is 12.5. The number of halogens is 2. The Morgan fingerprint density at radius 2 is 2.12 bits per heavy atom. The number of hydrogen-bond acceptors (Lipinski definition) is 5. The van der Waals surface area contributed by atoms with Crippen LogP contribution in [0.25, 0.3) is 0 Å². The Labute approximate surface area is 160 Å². The van der Waals surface area contributed by atoms with Crippen molar-refractivity contribution in [3.63, 3.8) is 0 Å². The summed E-state index contributed by atoms with van der Waals surface area (Å²) in [5, 5.41) is 0.346. The molecule has 1 aromatic rings. The number of ether oxygens (including phenoxy) is 2. The van der Waals surface area contributed by atoms with Gasteiger partial charge < -0.3 is 15.2 Å². The van der Waals surface area contributed by atoms with Crippen LogP contribution in [0.5, 0.6) is 5.75 Å². The van der Waals surface area contributed by atoms with Gasteiger partial charge in [0.15, 0.2) is 0 Å². The average Bonchev–Trinajstić information content (AvgIpc) is 2.58. The van der Waals surface area contributed by atoms with Crippen molar-refractivity contribution in [2.45, 2.75) is 43.1 Å². The van der Waals surface area contributed by atoms with Crippen LogP contribution < -0.4 is 15.2 Å². The van der Waals surface area contributed by atoms with Crippen LogP contribution in [-0.2, 0) is 14.8 Å². The van der Waals surface area contributed by atoms with Gasteiger partial charge in [-0.25, -0.2) is 13.1 Å². The Morgan fingerprint density at radius 1 is 1.32 bits per heavy atom. The van der Waals surface area contributed by atoms with Crippen LogP contribution in [0, 0.1) is 0 Å². The maximum Gasteiger partial charge on any atom is 0.244 e. The molecule has 0 aromatic heterocycles. The molecule has 3 N–H and O–H groups in total. The Bertz CT molecular complexity index is 623. The summed E-state index contributed by atoms with van der Waals surface area (Å²) < 4.78 is 38.9. The predicted octanol–water partition coefficient (Wildman–Crippen LogP) is 2.73. The lowest BCUT2D eigenvalue weighted by molar-refractivity contribution is -0.0116. The summed E-state index contributed by atoms with van der Waals surface area (Å²) in [5.41, 5.74) is 5.42. The lowest BCUT2D eigenvalue weighted by Gasteiger charge is -2.23. The van der Waals surface area contributed by atoms with Crippen LogP contribution in [0.2, 0.25) is 5.02 Å². The first kappa shape index (κ1) is 22.5. The van der Waals surface area contributed by atoms with Crippen molar-refractivity contribution in [2.24, 2.45) is 5.73 Å². The molecule has 0 saturated carbocycles. The minimum atomic E-state index is -3.69. The van der Waals surface area contributed by atoms with E-state index in [9.17, 15) is 8.42 Å². The molecule has 0 spiro atoms. The average molecular weight is 413 g/mol. The molecule has 25 heavy (non-hydrogen) atoms. The van der Waals surface area contributed by atoms with Gasteiger partial charge in [0.25, 0.3) is 0 Å². The minimum absolute atomic E-state index is 0. The lowest BCUT2D eigenvalue weighted by Crippen LogP contribution is -2.28. The summed E-state index contributed by atoms with van der Waals surface area (Å²) in [6.45, 7) is 1.92.